The van der Waals surface area contributed by atoms with Crippen LogP contribution in [0.25, 0.3) is 0 Å². The van der Waals surface area contributed by atoms with Gasteiger partial charge in [0.05, 0.1) is 23.6 Å². The summed E-state index contributed by atoms with van der Waals surface area (Å²) < 4.78 is 1.68. The van der Waals surface area contributed by atoms with Gasteiger partial charge in [0, 0.05) is 13.2 Å². The highest BCUT2D eigenvalue weighted by molar-refractivity contribution is 5.97. The van der Waals surface area contributed by atoms with Crippen molar-refractivity contribution in [2.45, 2.75) is 26.3 Å². The number of anilines is 1. The molecule has 0 aliphatic heterocycles. The average Bonchev–Trinajstić information content (AvgIpc) is 2.92. The molecule has 0 saturated heterocycles. The molecule has 0 radical (unpaired) electrons. The van der Waals surface area contributed by atoms with Gasteiger partial charge in [-0.15, -0.1) is 0 Å². The molecule has 0 spiro atoms. The zero-order valence-corrected chi connectivity index (χ0v) is 11.3. The van der Waals surface area contributed by atoms with Crippen molar-refractivity contribution in [3.8, 4) is 0 Å². The minimum Gasteiger partial charge on any atom is -0.395 e. The van der Waals surface area contributed by atoms with Crippen molar-refractivity contribution in [1.82, 2.24) is 25.3 Å². The molecule has 19 heavy (non-hydrogen) atoms. The first-order valence-corrected chi connectivity index (χ1v) is 6.09. The highest BCUT2D eigenvalue weighted by atomic mass is 16.1. The smallest absolute Gasteiger partial charge is 0.274 e. The van der Waals surface area contributed by atoms with Crippen molar-refractivity contribution in [2.24, 2.45) is 7.05 Å². The van der Waals surface area contributed by atoms with E-state index >= 15 is 0 Å². The van der Waals surface area contributed by atoms with Crippen molar-refractivity contribution in [1.29, 1.82) is 0 Å². The van der Waals surface area contributed by atoms with E-state index in [-0.39, 0.29) is 17.5 Å². The second-order valence-electron chi connectivity index (χ2n) is 4.72. The third-order valence-corrected chi connectivity index (χ3v) is 2.82. The summed E-state index contributed by atoms with van der Waals surface area (Å²) in [4.78, 5) is 12.0. The van der Waals surface area contributed by atoms with E-state index in [4.69, 9.17) is 5.73 Å². The molecule has 2 aromatic heterocycles. The molecular weight excluding hydrogens is 244 g/mol. The van der Waals surface area contributed by atoms with Crippen LogP contribution in [0.2, 0.25) is 0 Å². The van der Waals surface area contributed by atoms with Gasteiger partial charge in [0.25, 0.3) is 5.91 Å². The number of hydrogen-bond donors (Lipinski definition) is 3. The summed E-state index contributed by atoms with van der Waals surface area (Å²) in [5.74, 6) is -0.101. The Morgan fingerprint density at radius 2 is 2.32 bits per heavy atom. The van der Waals surface area contributed by atoms with E-state index in [0.29, 0.717) is 12.2 Å². The van der Waals surface area contributed by atoms with E-state index in [1.165, 1.54) is 0 Å². The molecule has 7 nitrogen and oxygen atoms in total. The monoisotopic (exact) mass is 262 g/mol. The van der Waals surface area contributed by atoms with Gasteiger partial charge >= 0.3 is 0 Å². The standard InChI is InChI=1S/C12H18N6O/c1-7(2)10-9(13)11(16-15-10)12(19)14-6-8-4-5-18(3)17-8/h4-5,7H,6,13H2,1-3H3,(H,14,19)(H,15,16). The molecule has 0 bridgehead atoms. The summed E-state index contributed by atoms with van der Waals surface area (Å²) in [7, 11) is 1.83. The SMILES string of the molecule is CC(C)c1[nH]nc(C(=O)NCc2ccn(C)n2)c1N. The molecule has 2 rings (SSSR count). The van der Waals surface area contributed by atoms with E-state index in [2.05, 4.69) is 20.6 Å². The Morgan fingerprint density at radius 3 is 2.84 bits per heavy atom. The van der Waals surface area contributed by atoms with Crippen LogP contribution in [0.15, 0.2) is 12.3 Å². The number of amides is 1. The molecule has 2 aromatic rings. The second kappa shape index (κ2) is 5.13. The van der Waals surface area contributed by atoms with Crippen LogP contribution in [0.3, 0.4) is 0 Å². The number of rotatable bonds is 4. The number of nitrogen functional groups attached to an aromatic ring is 1. The molecule has 2 heterocycles. The number of aryl methyl sites for hydroxylation is 1. The Morgan fingerprint density at radius 1 is 1.58 bits per heavy atom. The predicted octanol–water partition coefficient (Wildman–Crippen LogP) is 0.779. The fraction of sp³-hybridized carbons (Fsp3) is 0.417. The second-order valence-corrected chi connectivity index (χ2v) is 4.72. The van der Waals surface area contributed by atoms with Crippen LogP contribution in [0, 0.1) is 0 Å². The van der Waals surface area contributed by atoms with Gasteiger partial charge in [0.2, 0.25) is 0 Å². The number of aromatic amines is 1. The Balaban J connectivity index is 2.04. The largest absolute Gasteiger partial charge is 0.395 e. The van der Waals surface area contributed by atoms with Gasteiger partial charge in [-0.25, -0.2) is 0 Å². The number of nitrogens with zero attached hydrogens (tertiary/aromatic N) is 3. The molecule has 4 N–H and O–H groups in total. The average molecular weight is 262 g/mol. The lowest BCUT2D eigenvalue weighted by Gasteiger charge is -2.03. The van der Waals surface area contributed by atoms with Crippen LogP contribution in [0.5, 0.6) is 0 Å². The van der Waals surface area contributed by atoms with E-state index in [9.17, 15) is 4.79 Å². The number of nitrogens with one attached hydrogen (secondary N) is 2. The zero-order chi connectivity index (χ0) is 14.0. The van der Waals surface area contributed by atoms with Gasteiger partial charge in [-0.05, 0) is 12.0 Å². The molecule has 0 aliphatic rings. The quantitative estimate of drug-likeness (QED) is 0.757. The third kappa shape index (κ3) is 2.75. The fourth-order valence-corrected chi connectivity index (χ4v) is 1.79. The Kier molecular flexibility index (Phi) is 3.55. The number of nitrogens with two attached hydrogens (primary N) is 1. The molecule has 0 aliphatic carbocycles. The first kappa shape index (κ1) is 13.1. The van der Waals surface area contributed by atoms with Gasteiger partial charge in [-0.2, -0.15) is 10.2 Å². The van der Waals surface area contributed by atoms with Crippen molar-refractivity contribution >= 4 is 11.6 Å². The summed E-state index contributed by atoms with van der Waals surface area (Å²) in [5.41, 5.74) is 8.12. The van der Waals surface area contributed by atoms with Crippen molar-refractivity contribution in [3.63, 3.8) is 0 Å². The summed E-state index contributed by atoms with van der Waals surface area (Å²) >= 11 is 0. The van der Waals surface area contributed by atoms with Crippen LogP contribution in [-0.4, -0.2) is 25.9 Å². The molecule has 7 heteroatoms. The van der Waals surface area contributed by atoms with Gasteiger partial charge in [0.15, 0.2) is 5.69 Å². The maximum absolute atomic E-state index is 12.0. The van der Waals surface area contributed by atoms with Crippen molar-refractivity contribution in [2.75, 3.05) is 5.73 Å². The van der Waals surface area contributed by atoms with Crippen LogP contribution >= 0.6 is 0 Å². The molecule has 102 valence electrons. The van der Waals surface area contributed by atoms with Gasteiger partial charge in [-0.1, -0.05) is 13.8 Å². The molecule has 0 atom stereocenters. The highest BCUT2D eigenvalue weighted by Crippen LogP contribution is 2.21. The van der Waals surface area contributed by atoms with Crippen LogP contribution < -0.4 is 11.1 Å². The molecule has 0 aromatic carbocycles. The lowest BCUT2D eigenvalue weighted by molar-refractivity contribution is 0.0946. The number of H-pyrrole nitrogens is 1. The van der Waals surface area contributed by atoms with Crippen LogP contribution in [-0.2, 0) is 13.6 Å². The zero-order valence-electron chi connectivity index (χ0n) is 11.3. The summed E-state index contributed by atoms with van der Waals surface area (Å²) in [6.45, 7) is 4.32. The van der Waals surface area contributed by atoms with E-state index in [0.717, 1.165) is 11.4 Å². The number of carbonyl (C=O) groups excluding carboxylic acids is 1. The molecule has 0 fully saturated rings. The van der Waals surface area contributed by atoms with Gasteiger partial charge < -0.3 is 11.1 Å². The third-order valence-electron chi connectivity index (χ3n) is 2.82. The first-order valence-electron chi connectivity index (χ1n) is 6.09. The van der Waals surface area contributed by atoms with Crippen LogP contribution in [0.1, 0.15) is 41.6 Å². The Labute approximate surface area is 111 Å². The minimum atomic E-state index is -0.300. The molecule has 0 unspecified atom stereocenters. The molecular formula is C12H18N6O. The Bertz CT molecular complexity index is 583. The summed E-state index contributed by atoms with van der Waals surface area (Å²) in [6.07, 6.45) is 1.82. The lowest BCUT2D eigenvalue weighted by atomic mass is 10.1. The first-order chi connectivity index (χ1) is 8.99. The van der Waals surface area contributed by atoms with Gasteiger partial charge in [-0.3, -0.25) is 14.6 Å². The lowest BCUT2D eigenvalue weighted by Crippen LogP contribution is -2.24. The van der Waals surface area contributed by atoms with Gasteiger partial charge in [0.1, 0.15) is 0 Å². The molecule has 1 amide bonds. The fourth-order valence-electron chi connectivity index (χ4n) is 1.79. The summed E-state index contributed by atoms with van der Waals surface area (Å²) in [6, 6.07) is 1.84. The highest BCUT2D eigenvalue weighted by Gasteiger charge is 2.18. The minimum absolute atomic E-state index is 0.199. The normalized spacial score (nSPS) is 10.9. The maximum Gasteiger partial charge on any atom is 0.274 e. The van der Waals surface area contributed by atoms with Crippen LogP contribution in [0.4, 0.5) is 5.69 Å². The number of hydrogen-bond acceptors (Lipinski definition) is 4. The summed E-state index contributed by atoms with van der Waals surface area (Å²) in [5, 5.41) is 13.7. The van der Waals surface area contributed by atoms with E-state index in [1.807, 2.05) is 33.2 Å². The predicted molar refractivity (Wildman–Crippen MR) is 71.5 cm³/mol. The van der Waals surface area contributed by atoms with E-state index < -0.39 is 0 Å². The van der Waals surface area contributed by atoms with Crippen molar-refractivity contribution in [3.05, 3.63) is 29.3 Å². The topological polar surface area (TPSA) is 102 Å². The molecule has 0 saturated carbocycles. The van der Waals surface area contributed by atoms with E-state index in [1.54, 1.807) is 4.68 Å². The maximum atomic E-state index is 12.0. The number of aromatic nitrogens is 4. The van der Waals surface area contributed by atoms with Crippen molar-refractivity contribution < 1.29 is 4.79 Å². The Hall–Kier alpha value is -2.31. The number of carbonyl (C=O) groups is 1.